The maximum absolute atomic E-state index is 11.8. The van der Waals surface area contributed by atoms with Crippen molar-refractivity contribution in [3.8, 4) is 0 Å². The van der Waals surface area contributed by atoms with Crippen LogP contribution in [0, 0.1) is 5.92 Å². The molecule has 2 N–H and O–H groups in total. The Kier molecular flexibility index (Phi) is 3.41. The molecule has 1 aromatic heterocycles. The van der Waals surface area contributed by atoms with Crippen LogP contribution in [0.4, 0.5) is 0 Å². The van der Waals surface area contributed by atoms with Gasteiger partial charge >= 0.3 is 5.69 Å². The zero-order chi connectivity index (χ0) is 13.4. The molecule has 0 saturated carbocycles. The fourth-order valence-corrected chi connectivity index (χ4v) is 2.38. The van der Waals surface area contributed by atoms with Gasteiger partial charge in [0.05, 0.1) is 0 Å². The van der Waals surface area contributed by atoms with Gasteiger partial charge in [-0.05, 0) is 5.92 Å². The SMILES string of the molecule is CC1CN(Cc2cc(=O)n(C)c(=O)n2C)CC1N. The van der Waals surface area contributed by atoms with Crippen LogP contribution in [0.25, 0.3) is 0 Å². The molecule has 0 amide bonds. The smallest absolute Gasteiger partial charge is 0.326 e. The standard InChI is InChI=1S/C12H20N4O2/c1-8-5-16(7-10(8)13)6-9-4-11(17)15(3)12(18)14(9)2/h4,8,10H,5-7,13H2,1-3H3. The number of hydrogen-bond acceptors (Lipinski definition) is 4. The van der Waals surface area contributed by atoms with Crippen molar-refractivity contribution in [3.63, 3.8) is 0 Å². The minimum absolute atomic E-state index is 0.175. The van der Waals surface area contributed by atoms with Crippen molar-refractivity contribution in [1.82, 2.24) is 14.0 Å². The van der Waals surface area contributed by atoms with Gasteiger partial charge < -0.3 is 5.73 Å². The van der Waals surface area contributed by atoms with Gasteiger partial charge in [0.2, 0.25) is 0 Å². The fourth-order valence-electron chi connectivity index (χ4n) is 2.38. The lowest BCUT2D eigenvalue weighted by molar-refractivity contribution is 0.308. The van der Waals surface area contributed by atoms with Crippen LogP contribution in [0.1, 0.15) is 12.6 Å². The normalized spacial score (nSPS) is 24.7. The first kappa shape index (κ1) is 13.0. The summed E-state index contributed by atoms with van der Waals surface area (Å²) < 4.78 is 2.64. The van der Waals surface area contributed by atoms with E-state index in [-0.39, 0.29) is 17.3 Å². The molecule has 1 aliphatic rings. The summed E-state index contributed by atoms with van der Waals surface area (Å²) in [4.78, 5) is 25.6. The zero-order valence-corrected chi connectivity index (χ0v) is 11.1. The van der Waals surface area contributed by atoms with Gasteiger partial charge in [0.15, 0.2) is 0 Å². The van der Waals surface area contributed by atoms with Crippen LogP contribution in [0.5, 0.6) is 0 Å². The molecule has 0 aliphatic carbocycles. The summed E-state index contributed by atoms with van der Waals surface area (Å²) in [6, 6.07) is 1.70. The molecule has 2 unspecified atom stereocenters. The second kappa shape index (κ2) is 4.70. The maximum Gasteiger partial charge on any atom is 0.330 e. The van der Waals surface area contributed by atoms with Crippen LogP contribution in [0.3, 0.4) is 0 Å². The van der Waals surface area contributed by atoms with Crippen LogP contribution in [0.2, 0.25) is 0 Å². The zero-order valence-electron chi connectivity index (χ0n) is 11.1. The minimum Gasteiger partial charge on any atom is -0.326 e. The Morgan fingerprint density at radius 1 is 1.28 bits per heavy atom. The van der Waals surface area contributed by atoms with E-state index < -0.39 is 0 Å². The monoisotopic (exact) mass is 252 g/mol. The summed E-state index contributed by atoms with van der Waals surface area (Å²) in [7, 11) is 3.18. The highest BCUT2D eigenvalue weighted by atomic mass is 16.2. The van der Waals surface area contributed by atoms with E-state index in [4.69, 9.17) is 5.73 Å². The third-order valence-electron chi connectivity index (χ3n) is 3.76. The van der Waals surface area contributed by atoms with Crippen molar-refractivity contribution in [3.05, 3.63) is 32.6 Å². The number of nitrogens with two attached hydrogens (primary N) is 1. The molecular formula is C12H20N4O2. The van der Waals surface area contributed by atoms with Crippen LogP contribution in [0.15, 0.2) is 15.7 Å². The van der Waals surface area contributed by atoms with Crippen molar-refractivity contribution >= 4 is 0 Å². The largest absolute Gasteiger partial charge is 0.330 e. The summed E-state index contributed by atoms with van der Waals surface area (Å²) in [5.41, 5.74) is 6.17. The number of rotatable bonds is 2. The number of nitrogens with zero attached hydrogens (tertiary/aromatic N) is 3. The van der Waals surface area contributed by atoms with Crippen LogP contribution >= 0.6 is 0 Å². The Balaban J connectivity index is 2.26. The molecule has 0 spiro atoms. The van der Waals surface area contributed by atoms with Crippen molar-refractivity contribution < 1.29 is 0 Å². The number of likely N-dealkylation sites (tertiary alicyclic amines) is 1. The Hall–Kier alpha value is -1.40. The van der Waals surface area contributed by atoms with Gasteiger partial charge in [-0.3, -0.25) is 18.8 Å². The Morgan fingerprint density at radius 2 is 1.94 bits per heavy atom. The summed E-state index contributed by atoms with van der Waals surface area (Å²) in [5, 5.41) is 0. The van der Waals surface area contributed by atoms with Crippen molar-refractivity contribution in [2.24, 2.45) is 25.7 Å². The predicted molar refractivity (Wildman–Crippen MR) is 69.3 cm³/mol. The third kappa shape index (κ3) is 2.26. The lowest BCUT2D eigenvalue weighted by atomic mass is 10.1. The van der Waals surface area contributed by atoms with Crippen molar-refractivity contribution in [1.29, 1.82) is 0 Å². The molecule has 1 aliphatic heterocycles. The summed E-state index contributed by atoms with van der Waals surface area (Å²) in [5.74, 6) is 0.452. The molecule has 0 bridgehead atoms. The first-order valence-corrected chi connectivity index (χ1v) is 6.14. The molecule has 2 atom stereocenters. The van der Waals surface area contributed by atoms with E-state index in [1.54, 1.807) is 7.05 Å². The fraction of sp³-hybridized carbons (Fsp3) is 0.667. The molecule has 6 nitrogen and oxygen atoms in total. The highest BCUT2D eigenvalue weighted by molar-refractivity contribution is 5.03. The van der Waals surface area contributed by atoms with Gasteiger partial charge in [-0.25, -0.2) is 4.79 Å². The van der Waals surface area contributed by atoms with E-state index in [0.717, 1.165) is 23.4 Å². The number of aromatic nitrogens is 2. The summed E-state index contributed by atoms with van der Waals surface area (Å²) >= 11 is 0. The third-order valence-corrected chi connectivity index (χ3v) is 3.76. The van der Waals surface area contributed by atoms with E-state index >= 15 is 0 Å². The van der Waals surface area contributed by atoms with Crippen LogP contribution < -0.4 is 17.0 Å². The van der Waals surface area contributed by atoms with Gasteiger partial charge in [0.1, 0.15) is 0 Å². The quantitative estimate of drug-likeness (QED) is 0.722. The van der Waals surface area contributed by atoms with E-state index in [1.807, 2.05) is 0 Å². The highest BCUT2D eigenvalue weighted by Crippen LogP contribution is 2.16. The van der Waals surface area contributed by atoms with Crippen molar-refractivity contribution in [2.75, 3.05) is 13.1 Å². The Morgan fingerprint density at radius 3 is 2.50 bits per heavy atom. The molecule has 6 heteroatoms. The second-order valence-corrected chi connectivity index (χ2v) is 5.21. The molecule has 100 valence electrons. The van der Waals surface area contributed by atoms with Gasteiger partial charge in [0.25, 0.3) is 5.56 Å². The van der Waals surface area contributed by atoms with Crippen LogP contribution in [-0.2, 0) is 20.6 Å². The Bertz CT molecular complexity index is 550. The topological polar surface area (TPSA) is 73.3 Å². The lowest BCUT2D eigenvalue weighted by Crippen LogP contribution is -2.39. The molecule has 1 aromatic rings. The molecular weight excluding hydrogens is 232 g/mol. The van der Waals surface area contributed by atoms with Gasteiger partial charge in [-0.15, -0.1) is 0 Å². The van der Waals surface area contributed by atoms with E-state index in [1.165, 1.54) is 17.7 Å². The van der Waals surface area contributed by atoms with Crippen LogP contribution in [-0.4, -0.2) is 33.2 Å². The highest BCUT2D eigenvalue weighted by Gasteiger charge is 2.26. The molecule has 1 saturated heterocycles. The predicted octanol–water partition coefficient (Wildman–Crippen LogP) is -1.14. The minimum atomic E-state index is -0.283. The average molecular weight is 252 g/mol. The molecule has 2 heterocycles. The Labute approximate surface area is 106 Å². The summed E-state index contributed by atoms with van der Waals surface area (Å²) in [6.07, 6.45) is 0. The second-order valence-electron chi connectivity index (χ2n) is 5.21. The average Bonchev–Trinajstić information content (AvgIpc) is 2.63. The molecule has 18 heavy (non-hydrogen) atoms. The van der Waals surface area contributed by atoms with Gasteiger partial charge in [-0.1, -0.05) is 6.92 Å². The van der Waals surface area contributed by atoms with E-state index in [0.29, 0.717) is 12.5 Å². The maximum atomic E-state index is 11.8. The number of hydrogen-bond donors (Lipinski definition) is 1. The van der Waals surface area contributed by atoms with Gasteiger partial charge in [0, 0.05) is 51.5 Å². The van der Waals surface area contributed by atoms with Gasteiger partial charge in [-0.2, -0.15) is 0 Å². The van der Waals surface area contributed by atoms with Crippen molar-refractivity contribution in [2.45, 2.75) is 19.5 Å². The molecule has 1 fully saturated rings. The first-order valence-electron chi connectivity index (χ1n) is 6.14. The molecule has 0 radical (unpaired) electrons. The molecule has 2 rings (SSSR count). The van der Waals surface area contributed by atoms with E-state index in [9.17, 15) is 9.59 Å². The summed E-state index contributed by atoms with van der Waals surface area (Å²) in [6.45, 7) is 4.43. The van der Waals surface area contributed by atoms with E-state index in [2.05, 4.69) is 11.8 Å². The first-order chi connectivity index (χ1) is 8.40. The molecule has 0 aromatic carbocycles. The lowest BCUT2D eigenvalue weighted by Gasteiger charge is -2.17.